The lowest BCUT2D eigenvalue weighted by Crippen LogP contribution is -2.73. The average Bonchev–Trinajstić information content (AvgIpc) is 2.79. The first-order valence-electron chi connectivity index (χ1n) is 10.8. The molecule has 3 nitrogen and oxygen atoms in total. The lowest BCUT2D eigenvalue weighted by atomic mass is 9.79. The molecule has 0 spiro atoms. The number of rotatable bonds is 11. The highest BCUT2D eigenvalue weighted by atomic mass is 19.4. The fourth-order valence-corrected chi connectivity index (χ4v) is 3.62. The topological polar surface area (TPSA) is 29.5 Å². The van der Waals surface area contributed by atoms with Crippen LogP contribution in [0.25, 0.3) is 0 Å². The van der Waals surface area contributed by atoms with Crippen molar-refractivity contribution < 1.29 is 57.8 Å². The predicted octanol–water partition coefficient (Wildman–Crippen LogP) is 7.66. The number of hydrogen-bond donors (Lipinski definition) is 0. The molecule has 0 aliphatic heterocycles. The molecule has 0 aliphatic rings. The number of halogens is 11. The Morgan fingerprint density at radius 2 is 1.35 bits per heavy atom. The number of benzene rings is 1. The van der Waals surface area contributed by atoms with E-state index in [-0.39, 0.29) is 24.4 Å². The highest BCUT2D eigenvalue weighted by molar-refractivity contribution is 6.01. The van der Waals surface area contributed by atoms with Crippen molar-refractivity contribution in [1.29, 1.82) is 0 Å². The normalized spacial score (nSPS) is 19.6. The molecule has 0 bridgehead atoms. The zero-order valence-corrected chi connectivity index (χ0v) is 20.2. The summed E-state index contributed by atoms with van der Waals surface area (Å²) in [6.45, 7) is 3.33. The van der Waals surface area contributed by atoms with E-state index in [2.05, 4.69) is 11.3 Å². The van der Waals surface area contributed by atoms with Crippen LogP contribution in [0.3, 0.4) is 0 Å². The van der Waals surface area contributed by atoms with Crippen LogP contribution in [0.1, 0.15) is 40.5 Å². The van der Waals surface area contributed by atoms with E-state index in [9.17, 15) is 44.3 Å². The summed E-state index contributed by atoms with van der Waals surface area (Å²) >= 11 is 0. The van der Waals surface area contributed by atoms with E-state index in [1.807, 2.05) is 0 Å². The van der Waals surface area contributed by atoms with Crippen LogP contribution in [0, 0.1) is 0 Å². The third-order valence-electron chi connectivity index (χ3n) is 6.24. The van der Waals surface area contributed by atoms with Gasteiger partial charge in [0.1, 0.15) is 5.60 Å². The van der Waals surface area contributed by atoms with E-state index in [4.69, 9.17) is 0 Å². The van der Waals surface area contributed by atoms with Gasteiger partial charge in [-0.15, -0.1) is 6.58 Å². The van der Waals surface area contributed by atoms with Gasteiger partial charge in [0.25, 0.3) is 5.91 Å². The number of carbonyl (C=O) groups is 1. The van der Waals surface area contributed by atoms with Crippen molar-refractivity contribution in [1.82, 2.24) is 0 Å². The third-order valence-corrected chi connectivity index (χ3v) is 6.24. The first kappa shape index (κ1) is 32.6. The van der Waals surface area contributed by atoms with Gasteiger partial charge in [0.05, 0.1) is 0 Å². The van der Waals surface area contributed by atoms with Gasteiger partial charge in [0, 0.05) is 12.2 Å². The molecule has 0 N–H and O–H groups in total. The molecule has 0 saturated heterocycles. The van der Waals surface area contributed by atoms with Crippen LogP contribution in [-0.4, -0.2) is 53.5 Å². The maximum absolute atomic E-state index is 16.1. The minimum Gasteiger partial charge on any atom is -0.307 e. The highest BCUT2D eigenvalue weighted by Crippen LogP contribution is 2.58. The molecule has 4 unspecified atom stereocenters. The van der Waals surface area contributed by atoms with Gasteiger partial charge in [-0.3, -0.25) is 4.79 Å². The molecule has 0 aliphatic carbocycles. The van der Waals surface area contributed by atoms with Crippen LogP contribution < -0.4 is 4.90 Å². The number of nitrogens with zero attached hydrogens (tertiary/aromatic N) is 1. The smallest absolute Gasteiger partial charge is 0.307 e. The molecule has 212 valence electrons. The average molecular weight is 557 g/mol. The largest absolute Gasteiger partial charge is 0.434 e. The molecular weight excluding hydrogens is 531 g/mol. The molecule has 0 aromatic heterocycles. The van der Waals surface area contributed by atoms with E-state index >= 15 is 8.78 Å². The summed E-state index contributed by atoms with van der Waals surface area (Å²) in [5.74, 6) is -2.55. The van der Waals surface area contributed by atoms with Crippen LogP contribution in [-0.2, 0) is 9.53 Å². The summed E-state index contributed by atoms with van der Waals surface area (Å²) < 4.78 is 163. The zero-order chi connectivity index (χ0) is 29.3. The van der Waals surface area contributed by atoms with Gasteiger partial charge in [0.15, 0.2) is 5.67 Å². The summed E-state index contributed by atoms with van der Waals surface area (Å²) in [7, 11) is 0. The van der Waals surface area contributed by atoms with Crippen LogP contribution in [0.4, 0.5) is 54.0 Å². The van der Waals surface area contributed by atoms with Crippen molar-refractivity contribution >= 4 is 11.6 Å². The third kappa shape index (κ3) is 5.30. The molecule has 1 rings (SSSR count). The fourth-order valence-electron chi connectivity index (χ4n) is 3.62. The van der Waals surface area contributed by atoms with Crippen LogP contribution in [0.15, 0.2) is 43.0 Å². The molecule has 1 aromatic rings. The van der Waals surface area contributed by atoms with Crippen molar-refractivity contribution in [2.75, 3.05) is 11.4 Å². The van der Waals surface area contributed by atoms with Gasteiger partial charge in [-0.1, -0.05) is 38.1 Å². The lowest BCUT2D eigenvalue weighted by molar-refractivity contribution is -0.442. The fraction of sp³-hybridized carbons (Fsp3) is 0.609. The first-order chi connectivity index (χ1) is 16.5. The summed E-state index contributed by atoms with van der Waals surface area (Å²) in [6.07, 6.45) is -21.7. The van der Waals surface area contributed by atoms with Crippen molar-refractivity contribution in [3.63, 3.8) is 0 Å². The number of para-hydroxylation sites is 1. The van der Waals surface area contributed by atoms with Crippen molar-refractivity contribution in [3.05, 3.63) is 43.0 Å². The van der Waals surface area contributed by atoms with E-state index in [0.717, 1.165) is 18.2 Å². The van der Waals surface area contributed by atoms with Gasteiger partial charge < -0.3 is 9.64 Å². The SMILES string of the molecule is C=CCN(C(=O)C(F)(C(F)(F)F)C(C)(CC)OC(F)(F)C(F)(C(F)(F)F)C(C)(F)CC)c1ccccc1. The van der Waals surface area contributed by atoms with Crippen molar-refractivity contribution in [2.45, 2.75) is 81.6 Å². The van der Waals surface area contributed by atoms with Gasteiger partial charge >= 0.3 is 29.8 Å². The molecule has 0 saturated carbocycles. The monoisotopic (exact) mass is 557 g/mol. The molecule has 1 aromatic carbocycles. The van der Waals surface area contributed by atoms with Crippen LogP contribution >= 0.6 is 0 Å². The lowest BCUT2D eigenvalue weighted by Gasteiger charge is -2.48. The second-order valence-corrected chi connectivity index (χ2v) is 8.61. The number of amides is 1. The Morgan fingerprint density at radius 3 is 1.70 bits per heavy atom. The quantitative estimate of drug-likeness (QED) is 0.207. The molecule has 0 fully saturated rings. The summed E-state index contributed by atoms with van der Waals surface area (Å²) in [5.41, 5.74) is -20.7. The Hall–Kier alpha value is -2.38. The maximum atomic E-state index is 16.1. The molecule has 37 heavy (non-hydrogen) atoms. The summed E-state index contributed by atoms with van der Waals surface area (Å²) in [6, 6.07) is 5.98. The van der Waals surface area contributed by atoms with E-state index in [0.29, 0.717) is 13.8 Å². The number of carbonyl (C=O) groups excluding carboxylic acids is 1. The Labute approximate surface area is 206 Å². The van der Waals surface area contributed by atoms with Crippen molar-refractivity contribution in [2.24, 2.45) is 0 Å². The Bertz CT molecular complexity index is 948. The minimum atomic E-state index is -6.73. The molecule has 0 heterocycles. The number of alkyl halides is 11. The Morgan fingerprint density at radius 1 is 0.865 bits per heavy atom. The van der Waals surface area contributed by atoms with E-state index in [1.54, 1.807) is 0 Å². The van der Waals surface area contributed by atoms with Gasteiger partial charge in [-0.25, -0.2) is 13.2 Å². The molecule has 4 atom stereocenters. The minimum absolute atomic E-state index is 0.0678. The number of ether oxygens (including phenoxy) is 1. The summed E-state index contributed by atoms with van der Waals surface area (Å²) in [4.78, 5) is 13.2. The molecule has 1 amide bonds. The molecule has 14 heteroatoms. The van der Waals surface area contributed by atoms with Crippen LogP contribution in [0.5, 0.6) is 0 Å². The number of hydrogen-bond acceptors (Lipinski definition) is 2. The molecular formula is C23H26F11NO2. The standard InChI is InChI=1S/C23H26F11NO2/c1-6-14-35(15-12-10-9-11-13-15)16(36)19(25,21(27,28)29)18(5,8-3)37-23(33,34)20(26,22(30,31)32)17(4,24)7-2/h6,9-13H,1,7-8,14H2,2-5H3. The molecule has 0 radical (unpaired) electrons. The van der Waals surface area contributed by atoms with E-state index in [1.165, 1.54) is 18.2 Å². The maximum Gasteiger partial charge on any atom is 0.434 e. The number of anilines is 1. The second kappa shape index (κ2) is 10.4. The predicted molar refractivity (Wildman–Crippen MR) is 113 cm³/mol. The second-order valence-electron chi connectivity index (χ2n) is 8.61. The van der Waals surface area contributed by atoms with Crippen LogP contribution in [0.2, 0.25) is 0 Å². The summed E-state index contributed by atoms with van der Waals surface area (Å²) in [5, 5.41) is 0. The van der Waals surface area contributed by atoms with Gasteiger partial charge in [0.2, 0.25) is 0 Å². The Balaban J connectivity index is 3.89. The highest BCUT2D eigenvalue weighted by Gasteiger charge is 2.83. The Kier molecular flexibility index (Phi) is 9.19. The van der Waals surface area contributed by atoms with Gasteiger partial charge in [-0.2, -0.15) is 35.1 Å². The first-order valence-corrected chi connectivity index (χ1v) is 10.8. The van der Waals surface area contributed by atoms with E-state index < -0.39 is 66.4 Å². The zero-order valence-electron chi connectivity index (χ0n) is 20.2. The van der Waals surface area contributed by atoms with Gasteiger partial charge in [-0.05, 0) is 38.8 Å². The van der Waals surface area contributed by atoms with Crippen molar-refractivity contribution in [3.8, 4) is 0 Å².